The van der Waals surface area contributed by atoms with Gasteiger partial charge in [0, 0.05) is 11.8 Å². The second-order valence-electron chi connectivity index (χ2n) is 4.20. The Morgan fingerprint density at radius 1 is 1.50 bits per heavy atom. The molecule has 92 valence electrons. The fourth-order valence-corrected chi connectivity index (χ4v) is 1.01. The van der Waals surface area contributed by atoms with Crippen molar-refractivity contribution < 1.29 is 22.3 Å². The van der Waals surface area contributed by atoms with E-state index < -0.39 is 17.4 Å². The Bertz CT molecular complexity index is 252. The first-order chi connectivity index (χ1) is 6.81. The third-order valence-corrected chi connectivity index (χ3v) is 2.07. The summed E-state index contributed by atoms with van der Waals surface area (Å²) in [7, 11) is 0. The number of amides is 1. The molecule has 3 N–H and O–H groups in total. The molecule has 16 heavy (non-hydrogen) atoms. The SMILES string of the molecule is CCCC(=O)OCC(C)(C)C(O)C(N)=O.[Ca+2].[H-].[H-]. The molecule has 1 atom stereocenters. The van der Waals surface area contributed by atoms with E-state index in [2.05, 4.69) is 0 Å². The zero-order chi connectivity index (χ0) is 12.1. The van der Waals surface area contributed by atoms with Gasteiger partial charge in [-0.3, -0.25) is 9.59 Å². The molecule has 0 saturated carbocycles. The van der Waals surface area contributed by atoms with E-state index in [1.165, 1.54) is 0 Å². The van der Waals surface area contributed by atoms with Crippen molar-refractivity contribution in [3.63, 3.8) is 0 Å². The summed E-state index contributed by atoms with van der Waals surface area (Å²) >= 11 is 0. The fraction of sp³-hybridized carbons (Fsp3) is 0.800. The van der Waals surface area contributed by atoms with Crippen molar-refractivity contribution >= 4 is 49.6 Å². The van der Waals surface area contributed by atoms with Gasteiger partial charge in [0.05, 0.1) is 6.61 Å². The second kappa shape index (κ2) is 8.28. The molecule has 0 saturated heterocycles. The predicted molar refractivity (Wildman–Crippen MR) is 62.8 cm³/mol. The summed E-state index contributed by atoms with van der Waals surface area (Å²) < 4.78 is 4.91. The van der Waals surface area contributed by atoms with Crippen LogP contribution in [-0.4, -0.2) is 67.4 Å². The van der Waals surface area contributed by atoms with E-state index >= 15 is 0 Å². The topological polar surface area (TPSA) is 89.6 Å². The molecular weight excluding hydrogens is 238 g/mol. The van der Waals surface area contributed by atoms with E-state index in [1.54, 1.807) is 13.8 Å². The van der Waals surface area contributed by atoms with Crippen LogP contribution in [0.2, 0.25) is 0 Å². The summed E-state index contributed by atoms with van der Waals surface area (Å²) in [5, 5.41) is 9.43. The van der Waals surface area contributed by atoms with Crippen molar-refractivity contribution in [2.45, 2.75) is 39.7 Å². The van der Waals surface area contributed by atoms with Gasteiger partial charge in [-0.1, -0.05) is 20.8 Å². The molecule has 0 heterocycles. The van der Waals surface area contributed by atoms with E-state index in [9.17, 15) is 14.7 Å². The van der Waals surface area contributed by atoms with Crippen LogP contribution < -0.4 is 5.73 Å². The molecule has 5 nitrogen and oxygen atoms in total. The average Bonchev–Trinajstić information content (AvgIpc) is 2.14. The first-order valence-electron chi connectivity index (χ1n) is 4.94. The Kier molecular flexibility index (Phi) is 9.59. The summed E-state index contributed by atoms with van der Waals surface area (Å²) in [6.07, 6.45) is -0.271. The molecule has 0 aromatic carbocycles. The van der Waals surface area contributed by atoms with Gasteiger partial charge in [0.1, 0.15) is 6.10 Å². The fourth-order valence-electron chi connectivity index (χ4n) is 1.01. The van der Waals surface area contributed by atoms with Gasteiger partial charge in [-0.05, 0) is 6.42 Å². The van der Waals surface area contributed by atoms with Crippen molar-refractivity contribution in [3.05, 3.63) is 0 Å². The Morgan fingerprint density at radius 2 is 2.00 bits per heavy atom. The summed E-state index contributed by atoms with van der Waals surface area (Å²) in [5.74, 6) is -1.14. The molecule has 6 heteroatoms. The molecule has 0 rings (SSSR count). The van der Waals surface area contributed by atoms with Crippen LogP contribution in [0.3, 0.4) is 0 Å². The van der Waals surface area contributed by atoms with Crippen molar-refractivity contribution in [2.24, 2.45) is 11.1 Å². The van der Waals surface area contributed by atoms with Crippen LogP contribution in [0, 0.1) is 5.41 Å². The summed E-state index contributed by atoms with van der Waals surface area (Å²) in [6, 6.07) is 0. The molecule has 0 aliphatic carbocycles. The van der Waals surface area contributed by atoms with Crippen LogP contribution >= 0.6 is 0 Å². The standard InChI is InChI=1S/C10H19NO4.Ca.2H/c1-4-5-7(12)15-6-10(2,3)8(13)9(11)14;;;/h8,13H,4-6H2,1-3H3,(H2,11,14);;;/q;+2;2*-1. The van der Waals surface area contributed by atoms with E-state index in [0.717, 1.165) is 0 Å². The van der Waals surface area contributed by atoms with Gasteiger partial charge in [0.25, 0.3) is 0 Å². The summed E-state index contributed by atoms with van der Waals surface area (Å²) in [5.41, 5.74) is 4.11. The zero-order valence-electron chi connectivity index (χ0n) is 12.2. The van der Waals surface area contributed by atoms with E-state index in [1.807, 2.05) is 6.92 Å². The minimum Gasteiger partial charge on any atom is -1.00 e. The van der Waals surface area contributed by atoms with Crippen LogP contribution in [-0.2, 0) is 14.3 Å². The first-order valence-corrected chi connectivity index (χ1v) is 4.94. The number of hydrogen-bond acceptors (Lipinski definition) is 4. The third-order valence-electron chi connectivity index (χ3n) is 2.07. The quantitative estimate of drug-likeness (QED) is 0.521. The van der Waals surface area contributed by atoms with Crippen molar-refractivity contribution in [1.29, 1.82) is 0 Å². The number of esters is 1. The smallest absolute Gasteiger partial charge is 1.00 e. The molecule has 0 aliphatic rings. The summed E-state index contributed by atoms with van der Waals surface area (Å²) in [4.78, 5) is 21.8. The maximum atomic E-state index is 11.1. The van der Waals surface area contributed by atoms with Gasteiger partial charge < -0.3 is 18.4 Å². The summed E-state index contributed by atoms with van der Waals surface area (Å²) in [6.45, 7) is 5.07. The molecule has 0 fully saturated rings. The van der Waals surface area contributed by atoms with E-state index in [-0.39, 0.29) is 53.2 Å². The number of carbonyl (C=O) groups excluding carboxylic acids is 2. The minimum absolute atomic E-state index is 0. The van der Waals surface area contributed by atoms with Crippen LogP contribution in [0.5, 0.6) is 0 Å². The number of ether oxygens (including phenoxy) is 1. The molecule has 0 radical (unpaired) electrons. The van der Waals surface area contributed by atoms with Gasteiger partial charge in [-0.25, -0.2) is 0 Å². The number of rotatable bonds is 6. The number of carbonyl (C=O) groups is 2. The van der Waals surface area contributed by atoms with Crippen LogP contribution in [0.25, 0.3) is 0 Å². The second-order valence-corrected chi connectivity index (χ2v) is 4.20. The van der Waals surface area contributed by atoms with E-state index in [4.69, 9.17) is 10.5 Å². The van der Waals surface area contributed by atoms with Gasteiger partial charge in [0.2, 0.25) is 5.91 Å². The molecule has 0 aliphatic heterocycles. The monoisotopic (exact) mass is 259 g/mol. The van der Waals surface area contributed by atoms with Crippen molar-refractivity contribution in [1.82, 2.24) is 0 Å². The Labute approximate surface area is 129 Å². The molecule has 0 aromatic rings. The normalized spacial score (nSPS) is 12.5. The van der Waals surface area contributed by atoms with Crippen LogP contribution in [0.1, 0.15) is 36.5 Å². The number of hydrogen-bond donors (Lipinski definition) is 2. The third kappa shape index (κ3) is 6.68. The molecule has 1 amide bonds. The van der Waals surface area contributed by atoms with Gasteiger partial charge in [-0.15, -0.1) is 0 Å². The Hall–Kier alpha value is 0.160. The maximum Gasteiger partial charge on any atom is 2.00 e. The number of primary amides is 1. The molecular formula is C10H21CaNO4. The van der Waals surface area contributed by atoms with Gasteiger partial charge in [0.15, 0.2) is 0 Å². The molecule has 0 spiro atoms. The predicted octanol–water partition coefficient (Wildman–Crippen LogP) is 0.0463. The van der Waals surface area contributed by atoms with Crippen molar-refractivity contribution in [2.75, 3.05) is 6.61 Å². The number of aliphatic hydroxyl groups excluding tert-OH is 1. The number of nitrogens with two attached hydrogens (primary N) is 1. The molecule has 0 bridgehead atoms. The molecule has 1 unspecified atom stereocenters. The number of aliphatic hydroxyl groups is 1. The van der Waals surface area contributed by atoms with Crippen LogP contribution in [0.4, 0.5) is 0 Å². The zero-order valence-corrected chi connectivity index (χ0v) is 12.4. The van der Waals surface area contributed by atoms with Gasteiger partial charge in [-0.2, -0.15) is 0 Å². The molecule has 0 aromatic heterocycles. The maximum absolute atomic E-state index is 11.1. The first kappa shape index (κ1) is 18.5. The average molecular weight is 259 g/mol. The Balaban J connectivity index is -0.000000327. The minimum atomic E-state index is -1.31. The van der Waals surface area contributed by atoms with Crippen LogP contribution in [0.15, 0.2) is 0 Å². The van der Waals surface area contributed by atoms with Gasteiger partial charge >= 0.3 is 43.7 Å². The van der Waals surface area contributed by atoms with Crippen molar-refractivity contribution in [3.8, 4) is 0 Å². The Morgan fingerprint density at radius 3 is 2.38 bits per heavy atom. The largest absolute Gasteiger partial charge is 2.00 e. The van der Waals surface area contributed by atoms with E-state index in [0.29, 0.717) is 12.8 Å².